The average Bonchev–Trinajstić information content (AvgIpc) is 2.62. The minimum atomic E-state index is -2.40. The summed E-state index contributed by atoms with van der Waals surface area (Å²) in [6.45, 7) is 0.205. The van der Waals surface area contributed by atoms with Gasteiger partial charge in [0.05, 0.1) is 6.54 Å². The van der Waals surface area contributed by atoms with Gasteiger partial charge in [0, 0.05) is 19.5 Å². The maximum Gasteiger partial charge on any atom is 0.255 e. The monoisotopic (exact) mass is 331 g/mol. The highest BCUT2D eigenvalue weighted by Gasteiger charge is 2.13. The Morgan fingerprint density at radius 3 is 2.08 bits per heavy atom. The van der Waals surface area contributed by atoms with Crippen LogP contribution in [0.1, 0.15) is 17.0 Å². The second kappa shape index (κ2) is 9.65. The summed E-state index contributed by atoms with van der Waals surface area (Å²) >= 11 is 0. The lowest BCUT2D eigenvalue weighted by molar-refractivity contribution is 0.152. The summed E-state index contributed by atoms with van der Waals surface area (Å²) in [7, 11) is 1.58. The van der Waals surface area contributed by atoms with Crippen LogP contribution in [0.15, 0.2) is 65.7 Å². The molecule has 5 heteroatoms. The molecule has 0 aromatic heterocycles. The van der Waals surface area contributed by atoms with E-state index in [0.717, 1.165) is 6.42 Å². The number of benzene rings is 2. The summed E-state index contributed by atoms with van der Waals surface area (Å²) in [5.41, 5.74) is 2.45. The van der Waals surface area contributed by atoms with Gasteiger partial charge in [-0.25, -0.2) is 8.78 Å². The minimum Gasteiger partial charge on any atom is -0.356 e. The third kappa shape index (κ3) is 5.99. The van der Waals surface area contributed by atoms with E-state index in [1.165, 1.54) is 11.1 Å². The molecule has 0 bridgehead atoms. The molecule has 1 unspecified atom stereocenters. The second-order valence-electron chi connectivity index (χ2n) is 5.52. The molecule has 0 aliphatic rings. The third-order valence-electron chi connectivity index (χ3n) is 3.76. The van der Waals surface area contributed by atoms with Crippen molar-refractivity contribution in [3.05, 3.63) is 71.8 Å². The number of halogens is 2. The topological polar surface area (TPSA) is 36.4 Å². The van der Waals surface area contributed by atoms with Crippen LogP contribution < -0.4 is 10.6 Å². The van der Waals surface area contributed by atoms with Crippen LogP contribution in [0, 0.1) is 0 Å². The highest BCUT2D eigenvalue weighted by atomic mass is 19.3. The van der Waals surface area contributed by atoms with Crippen LogP contribution in [0.2, 0.25) is 0 Å². The van der Waals surface area contributed by atoms with Gasteiger partial charge in [-0.2, -0.15) is 0 Å². The lowest BCUT2D eigenvalue weighted by Crippen LogP contribution is -2.41. The maximum absolute atomic E-state index is 12.3. The van der Waals surface area contributed by atoms with E-state index in [1.807, 2.05) is 36.4 Å². The fraction of sp³-hybridized carbons (Fsp3) is 0.316. The van der Waals surface area contributed by atoms with Crippen molar-refractivity contribution < 1.29 is 8.78 Å². The lowest BCUT2D eigenvalue weighted by atomic mass is 9.92. The molecule has 0 spiro atoms. The molecule has 0 aliphatic carbocycles. The molecule has 0 amide bonds. The summed E-state index contributed by atoms with van der Waals surface area (Å²) in [6, 6.07) is 20.4. The van der Waals surface area contributed by atoms with Gasteiger partial charge in [0.1, 0.15) is 0 Å². The van der Waals surface area contributed by atoms with E-state index in [0.29, 0.717) is 12.5 Å². The molecule has 2 aromatic carbocycles. The Bertz CT molecular complexity index is 615. The molecule has 0 fully saturated rings. The molecule has 0 saturated heterocycles. The highest BCUT2D eigenvalue weighted by Crippen LogP contribution is 2.20. The van der Waals surface area contributed by atoms with Gasteiger partial charge in [-0.1, -0.05) is 60.7 Å². The van der Waals surface area contributed by atoms with Crippen LogP contribution in [0.5, 0.6) is 0 Å². The summed E-state index contributed by atoms with van der Waals surface area (Å²) in [4.78, 5) is 3.99. The van der Waals surface area contributed by atoms with Crippen LogP contribution in [0.25, 0.3) is 0 Å². The first-order valence-corrected chi connectivity index (χ1v) is 8.00. The van der Waals surface area contributed by atoms with Crippen molar-refractivity contribution in [2.75, 3.05) is 20.1 Å². The van der Waals surface area contributed by atoms with Crippen LogP contribution in [-0.4, -0.2) is 32.5 Å². The molecular formula is C19H23F2N3. The molecule has 2 N–H and O–H groups in total. The number of nitrogens with one attached hydrogen (secondary N) is 2. The van der Waals surface area contributed by atoms with Gasteiger partial charge in [0.2, 0.25) is 0 Å². The zero-order chi connectivity index (χ0) is 17.2. The number of hydrogen-bond acceptors (Lipinski definition) is 1. The van der Waals surface area contributed by atoms with Gasteiger partial charge in [-0.05, 0) is 17.5 Å². The Morgan fingerprint density at radius 2 is 1.50 bits per heavy atom. The summed E-state index contributed by atoms with van der Waals surface area (Å²) in [5.74, 6) is 0.614. The zero-order valence-electron chi connectivity index (χ0n) is 13.8. The van der Waals surface area contributed by atoms with Crippen molar-refractivity contribution in [1.29, 1.82) is 0 Å². The van der Waals surface area contributed by atoms with Crippen LogP contribution in [0.3, 0.4) is 0 Å². The van der Waals surface area contributed by atoms with Crippen LogP contribution in [-0.2, 0) is 6.42 Å². The van der Waals surface area contributed by atoms with Gasteiger partial charge in [0.15, 0.2) is 5.96 Å². The van der Waals surface area contributed by atoms with E-state index in [4.69, 9.17) is 0 Å². The molecule has 0 radical (unpaired) electrons. The van der Waals surface area contributed by atoms with Gasteiger partial charge in [0.25, 0.3) is 6.43 Å². The standard InChI is InChI=1S/C19H23F2N3/c1-22-19(24-14-18(20)21)23-13-17(16-10-6-3-7-11-16)12-15-8-4-2-5-9-15/h2-11,17-18H,12-14H2,1H3,(H2,22,23,24). The van der Waals surface area contributed by atoms with E-state index in [1.54, 1.807) is 7.05 Å². The summed E-state index contributed by atoms with van der Waals surface area (Å²) < 4.78 is 24.7. The van der Waals surface area contributed by atoms with Crippen molar-refractivity contribution >= 4 is 5.96 Å². The molecular weight excluding hydrogens is 308 g/mol. The van der Waals surface area contributed by atoms with E-state index in [9.17, 15) is 8.78 Å². The Kier molecular flexibility index (Phi) is 7.21. The van der Waals surface area contributed by atoms with Crippen LogP contribution in [0.4, 0.5) is 8.78 Å². The maximum atomic E-state index is 12.3. The molecule has 1 atom stereocenters. The number of aliphatic imine (C=N–C) groups is 1. The van der Waals surface area contributed by atoms with Crippen molar-refractivity contribution in [3.63, 3.8) is 0 Å². The number of guanidine groups is 1. The van der Waals surface area contributed by atoms with Crippen molar-refractivity contribution in [2.45, 2.75) is 18.8 Å². The SMILES string of the molecule is CN=C(NCC(F)F)NCC(Cc1ccccc1)c1ccccc1. The minimum absolute atomic E-state index is 0.221. The smallest absolute Gasteiger partial charge is 0.255 e. The van der Waals surface area contributed by atoms with Crippen molar-refractivity contribution in [3.8, 4) is 0 Å². The largest absolute Gasteiger partial charge is 0.356 e. The molecule has 2 rings (SSSR count). The van der Waals surface area contributed by atoms with Gasteiger partial charge < -0.3 is 10.6 Å². The van der Waals surface area contributed by atoms with Gasteiger partial charge >= 0.3 is 0 Å². The quantitative estimate of drug-likeness (QED) is 0.602. The molecule has 3 nitrogen and oxygen atoms in total. The van der Waals surface area contributed by atoms with Crippen molar-refractivity contribution in [1.82, 2.24) is 10.6 Å². The van der Waals surface area contributed by atoms with E-state index >= 15 is 0 Å². The number of hydrogen-bond donors (Lipinski definition) is 2. The zero-order valence-corrected chi connectivity index (χ0v) is 13.8. The van der Waals surface area contributed by atoms with E-state index in [2.05, 4.69) is 39.9 Å². The van der Waals surface area contributed by atoms with E-state index < -0.39 is 13.0 Å². The fourth-order valence-corrected chi connectivity index (χ4v) is 2.55. The van der Waals surface area contributed by atoms with E-state index in [-0.39, 0.29) is 5.92 Å². The van der Waals surface area contributed by atoms with Crippen molar-refractivity contribution in [2.24, 2.45) is 4.99 Å². The van der Waals surface area contributed by atoms with Crippen LogP contribution >= 0.6 is 0 Å². The average molecular weight is 331 g/mol. The predicted octanol–water partition coefficient (Wildman–Crippen LogP) is 3.44. The highest BCUT2D eigenvalue weighted by molar-refractivity contribution is 5.79. The normalized spacial score (nSPS) is 12.9. The van der Waals surface area contributed by atoms with Gasteiger partial charge in [-0.15, -0.1) is 0 Å². The molecule has 0 saturated carbocycles. The molecule has 24 heavy (non-hydrogen) atoms. The van der Waals surface area contributed by atoms with Gasteiger partial charge in [-0.3, -0.25) is 4.99 Å². The Morgan fingerprint density at radius 1 is 0.917 bits per heavy atom. The number of nitrogens with zero attached hydrogens (tertiary/aromatic N) is 1. The Balaban J connectivity index is 2.03. The molecule has 0 aliphatic heterocycles. The first-order chi connectivity index (χ1) is 11.7. The molecule has 0 heterocycles. The first-order valence-electron chi connectivity index (χ1n) is 8.00. The summed E-state index contributed by atoms with van der Waals surface area (Å²) in [5, 5.41) is 5.78. The third-order valence-corrected chi connectivity index (χ3v) is 3.76. The number of rotatable bonds is 7. The fourth-order valence-electron chi connectivity index (χ4n) is 2.55. The first kappa shape index (κ1) is 17.9. The summed E-state index contributed by atoms with van der Waals surface area (Å²) in [6.07, 6.45) is -1.54. The Labute approximate surface area is 141 Å². The lowest BCUT2D eigenvalue weighted by Gasteiger charge is -2.20. The second-order valence-corrected chi connectivity index (χ2v) is 5.52. The predicted molar refractivity (Wildman–Crippen MR) is 94.7 cm³/mol. The molecule has 2 aromatic rings. The Hall–Kier alpha value is -2.43. The molecule has 128 valence electrons. The number of alkyl halides is 2.